The molecule has 6 nitrogen and oxygen atoms in total. The van der Waals surface area contributed by atoms with Gasteiger partial charge in [-0.05, 0) is 36.5 Å². The van der Waals surface area contributed by atoms with Crippen LogP contribution < -0.4 is 16.0 Å². The fourth-order valence-corrected chi connectivity index (χ4v) is 3.01. The predicted molar refractivity (Wildman–Crippen MR) is 77.9 cm³/mol. The lowest BCUT2D eigenvalue weighted by atomic mass is 9.96. The van der Waals surface area contributed by atoms with Crippen LogP contribution in [0.3, 0.4) is 0 Å². The minimum absolute atomic E-state index is 0.226. The van der Waals surface area contributed by atoms with E-state index in [0.29, 0.717) is 17.2 Å². The van der Waals surface area contributed by atoms with Gasteiger partial charge in [-0.25, -0.2) is 0 Å². The number of carbonyl (C=O) groups is 2. The second kappa shape index (κ2) is 5.37. The monoisotopic (exact) mass is 288 g/mol. The van der Waals surface area contributed by atoms with Crippen LogP contribution in [-0.4, -0.2) is 36.6 Å². The summed E-state index contributed by atoms with van der Waals surface area (Å²) < 4.78 is 0. The number of primary amides is 1. The van der Waals surface area contributed by atoms with Crippen LogP contribution in [0.1, 0.15) is 24.3 Å². The topological polar surface area (TPSA) is 95.7 Å². The standard InChI is InChI=1S/C15H18N3O3/c16-14(20)13-11-7-10(1-2-12(11)17-15(13)21)18-5-3-9(8-19)4-6-18/h2,7,9,13,19H,3-6,8H2,(H2,16,20)(H,17,21). The van der Waals surface area contributed by atoms with Crippen molar-refractivity contribution in [3.63, 3.8) is 0 Å². The molecular formula is C15H18N3O3. The van der Waals surface area contributed by atoms with E-state index in [1.54, 1.807) is 6.07 Å². The number of nitrogens with two attached hydrogens (primary N) is 1. The number of piperidine rings is 1. The Hall–Kier alpha value is -2.08. The van der Waals surface area contributed by atoms with Crippen molar-refractivity contribution >= 4 is 23.2 Å². The molecule has 6 heteroatoms. The van der Waals surface area contributed by atoms with E-state index in [1.165, 1.54) is 0 Å². The Kier molecular flexibility index (Phi) is 3.55. The van der Waals surface area contributed by atoms with Crippen molar-refractivity contribution in [3.8, 4) is 0 Å². The zero-order valence-electron chi connectivity index (χ0n) is 11.6. The van der Waals surface area contributed by atoms with Crippen molar-refractivity contribution in [1.82, 2.24) is 0 Å². The van der Waals surface area contributed by atoms with Gasteiger partial charge in [0.25, 0.3) is 0 Å². The number of hydrogen-bond acceptors (Lipinski definition) is 4. The summed E-state index contributed by atoms with van der Waals surface area (Å²) in [5.41, 5.74) is 7.42. The summed E-state index contributed by atoms with van der Waals surface area (Å²) in [5.74, 6) is -1.56. The lowest BCUT2D eigenvalue weighted by Crippen LogP contribution is -2.34. The highest BCUT2D eigenvalue weighted by Gasteiger charge is 2.35. The molecule has 4 N–H and O–H groups in total. The van der Waals surface area contributed by atoms with E-state index in [1.807, 2.05) is 6.07 Å². The Morgan fingerprint density at radius 1 is 1.48 bits per heavy atom. The van der Waals surface area contributed by atoms with E-state index in [-0.39, 0.29) is 12.5 Å². The molecule has 21 heavy (non-hydrogen) atoms. The summed E-state index contributed by atoms with van der Waals surface area (Å²) in [4.78, 5) is 25.4. The molecule has 2 aliphatic rings. The molecule has 0 bridgehead atoms. The average molecular weight is 288 g/mol. The number of rotatable bonds is 3. The molecule has 2 heterocycles. The third-order valence-corrected chi connectivity index (χ3v) is 4.30. The maximum atomic E-state index is 11.8. The van der Waals surface area contributed by atoms with Crippen molar-refractivity contribution < 1.29 is 14.7 Å². The van der Waals surface area contributed by atoms with Crippen LogP contribution in [0.25, 0.3) is 0 Å². The Morgan fingerprint density at radius 3 is 2.81 bits per heavy atom. The number of benzene rings is 1. The number of amides is 2. The lowest BCUT2D eigenvalue weighted by molar-refractivity contribution is -0.126. The first kappa shape index (κ1) is 13.9. The van der Waals surface area contributed by atoms with Crippen molar-refractivity contribution in [2.75, 3.05) is 29.9 Å². The molecule has 0 aromatic heterocycles. The highest BCUT2D eigenvalue weighted by atomic mass is 16.3. The maximum Gasteiger partial charge on any atom is 0.241 e. The second-order valence-electron chi connectivity index (χ2n) is 5.62. The van der Waals surface area contributed by atoms with E-state index < -0.39 is 11.8 Å². The Bertz CT molecular complexity index is 580. The summed E-state index contributed by atoms with van der Waals surface area (Å²) in [6, 6.07) is 6.67. The molecule has 1 aromatic carbocycles. The molecule has 1 saturated heterocycles. The smallest absolute Gasteiger partial charge is 0.241 e. The summed E-state index contributed by atoms with van der Waals surface area (Å²) in [7, 11) is 0. The number of aliphatic hydroxyl groups is 1. The third-order valence-electron chi connectivity index (χ3n) is 4.30. The molecule has 1 radical (unpaired) electrons. The van der Waals surface area contributed by atoms with Gasteiger partial charge in [-0.15, -0.1) is 0 Å². The highest BCUT2D eigenvalue weighted by Crippen LogP contribution is 2.35. The quantitative estimate of drug-likeness (QED) is 0.693. The maximum absolute atomic E-state index is 11.8. The largest absolute Gasteiger partial charge is 0.396 e. The molecule has 0 aliphatic carbocycles. The summed E-state index contributed by atoms with van der Waals surface area (Å²) >= 11 is 0. The molecule has 0 spiro atoms. The van der Waals surface area contributed by atoms with Crippen molar-refractivity contribution in [2.45, 2.75) is 18.8 Å². The van der Waals surface area contributed by atoms with Crippen molar-refractivity contribution in [3.05, 3.63) is 23.8 Å². The number of fused-ring (bicyclic) bond motifs is 1. The fourth-order valence-electron chi connectivity index (χ4n) is 3.01. The first-order valence-electron chi connectivity index (χ1n) is 7.11. The van der Waals surface area contributed by atoms with Gasteiger partial charge in [-0.1, -0.05) is 0 Å². The van der Waals surface area contributed by atoms with E-state index >= 15 is 0 Å². The average Bonchev–Trinajstić information content (AvgIpc) is 2.82. The van der Waals surface area contributed by atoms with Gasteiger partial charge >= 0.3 is 0 Å². The minimum Gasteiger partial charge on any atom is -0.396 e. The number of carbonyl (C=O) groups excluding carboxylic acids is 2. The normalized spacial score (nSPS) is 22.0. The van der Waals surface area contributed by atoms with E-state index in [0.717, 1.165) is 31.6 Å². The Morgan fingerprint density at radius 2 is 2.19 bits per heavy atom. The number of anilines is 2. The second-order valence-corrected chi connectivity index (χ2v) is 5.62. The van der Waals surface area contributed by atoms with Crippen LogP contribution in [0.15, 0.2) is 12.1 Å². The van der Waals surface area contributed by atoms with Crippen LogP contribution in [0, 0.1) is 12.0 Å². The molecule has 1 unspecified atom stereocenters. The molecule has 3 rings (SSSR count). The molecule has 2 aliphatic heterocycles. The predicted octanol–water partition coefficient (Wildman–Crippen LogP) is 0.216. The van der Waals surface area contributed by atoms with Gasteiger partial charge in [0, 0.05) is 37.1 Å². The molecule has 1 fully saturated rings. The molecule has 1 atom stereocenters. The zero-order chi connectivity index (χ0) is 15.0. The number of aliphatic hydroxyl groups excluding tert-OH is 1. The van der Waals surface area contributed by atoms with Gasteiger partial charge in [0.05, 0.1) is 0 Å². The van der Waals surface area contributed by atoms with Gasteiger partial charge in [-0.3, -0.25) is 9.59 Å². The van der Waals surface area contributed by atoms with Gasteiger partial charge in [0.15, 0.2) is 0 Å². The fraction of sp³-hybridized carbons (Fsp3) is 0.467. The molecule has 0 saturated carbocycles. The van der Waals surface area contributed by atoms with Gasteiger partial charge in [0.2, 0.25) is 11.8 Å². The van der Waals surface area contributed by atoms with E-state index in [2.05, 4.69) is 16.3 Å². The van der Waals surface area contributed by atoms with Gasteiger partial charge in [-0.2, -0.15) is 0 Å². The van der Waals surface area contributed by atoms with Crippen LogP contribution in [0.5, 0.6) is 0 Å². The summed E-state index contributed by atoms with van der Waals surface area (Å²) in [5, 5.41) is 11.8. The molecule has 111 valence electrons. The van der Waals surface area contributed by atoms with E-state index in [9.17, 15) is 14.7 Å². The first-order valence-corrected chi connectivity index (χ1v) is 7.11. The van der Waals surface area contributed by atoms with E-state index in [4.69, 9.17) is 5.73 Å². The number of hydrogen-bond donors (Lipinski definition) is 3. The molecular weight excluding hydrogens is 270 g/mol. The van der Waals surface area contributed by atoms with Crippen LogP contribution in [0.4, 0.5) is 11.4 Å². The molecule has 2 amide bonds. The van der Waals surface area contributed by atoms with Crippen molar-refractivity contribution in [1.29, 1.82) is 0 Å². The van der Waals surface area contributed by atoms with Crippen LogP contribution in [0.2, 0.25) is 0 Å². The SMILES string of the molecule is NC(=O)C1C(=O)Nc2c[c]c(N3CCC(CO)CC3)cc21. The number of nitrogens with one attached hydrogen (secondary N) is 1. The van der Waals surface area contributed by atoms with Gasteiger partial charge < -0.3 is 21.1 Å². The van der Waals surface area contributed by atoms with Crippen LogP contribution in [-0.2, 0) is 9.59 Å². The van der Waals surface area contributed by atoms with Crippen LogP contribution >= 0.6 is 0 Å². The zero-order valence-corrected chi connectivity index (χ0v) is 11.6. The van der Waals surface area contributed by atoms with Gasteiger partial charge in [0.1, 0.15) is 5.92 Å². The first-order chi connectivity index (χ1) is 10.1. The summed E-state index contributed by atoms with van der Waals surface area (Å²) in [6.07, 6.45) is 1.86. The highest BCUT2D eigenvalue weighted by molar-refractivity contribution is 6.16. The Labute approximate surface area is 122 Å². The third kappa shape index (κ3) is 2.47. The number of nitrogens with zero attached hydrogens (tertiary/aromatic N) is 1. The Balaban J connectivity index is 1.84. The minimum atomic E-state index is -0.914. The lowest BCUT2D eigenvalue weighted by Gasteiger charge is -2.33. The summed E-state index contributed by atoms with van der Waals surface area (Å²) in [6.45, 7) is 1.90. The molecule has 1 aromatic rings. The van der Waals surface area contributed by atoms with Crippen molar-refractivity contribution in [2.24, 2.45) is 11.7 Å².